The van der Waals surface area contributed by atoms with Crippen molar-refractivity contribution in [1.82, 2.24) is 0 Å². The number of phosphoric ester groups is 2. The van der Waals surface area contributed by atoms with Crippen molar-refractivity contribution < 1.29 is 80.2 Å². The van der Waals surface area contributed by atoms with Crippen LogP contribution >= 0.6 is 15.6 Å². The maximum absolute atomic E-state index is 13.1. The molecule has 0 aromatic rings. The molecule has 0 heterocycles. The maximum Gasteiger partial charge on any atom is 0.472 e. The summed E-state index contributed by atoms with van der Waals surface area (Å²) < 4.78 is 68.4. The van der Waals surface area contributed by atoms with E-state index >= 15 is 0 Å². The van der Waals surface area contributed by atoms with Gasteiger partial charge in [-0.25, -0.2) is 9.13 Å². The molecule has 0 aliphatic heterocycles. The standard InChI is InChI=1S/C81H158O17P2/c1-6-9-12-15-17-19-21-23-25-27-29-31-32-34-36-38-40-42-47-51-56-61-66-81(86)98-77(71-92-79(84)65-60-55-50-46-41-39-37-35-33-30-28-26-24-22-20-18-16-13-10-7-2)73-96-100(89,90)94-69-75(82)68-93-99(87,88)95-72-76(70-91-78(83)64-59-53-14-11-8-3)97-80(85)67-62-57-52-48-44-43-45-49-54-58-63-74(4)5/h74-77,82H,6-73H2,1-5H3,(H,87,88)(H,89,90)/t75-,76+,77+/m0/s1. The van der Waals surface area contributed by atoms with E-state index in [1.54, 1.807) is 0 Å². The summed E-state index contributed by atoms with van der Waals surface area (Å²) in [5.74, 6) is -1.37. The summed E-state index contributed by atoms with van der Waals surface area (Å²) in [7, 11) is -9.91. The zero-order valence-electron chi connectivity index (χ0n) is 65.3. The first-order chi connectivity index (χ1) is 48.5. The van der Waals surface area contributed by atoms with Crippen molar-refractivity contribution in [3.05, 3.63) is 0 Å². The molecule has 5 atom stereocenters. The van der Waals surface area contributed by atoms with Crippen LogP contribution in [0.4, 0.5) is 0 Å². The molecule has 3 N–H and O–H groups in total. The first-order valence-electron chi connectivity index (χ1n) is 42.1. The third-order valence-electron chi connectivity index (χ3n) is 19.0. The highest BCUT2D eigenvalue weighted by atomic mass is 31.2. The molecule has 0 spiro atoms. The highest BCUT2D eigenvalue weighted by Gasteiger charge is 2.30. The summed E-state index contributed by atoms with van der Waals surface area (Å²) >= 11 is 0. The molecule has 0 amide bonds. The Bertz CT molecular complexity index is 1910. The third-order valence-corrected chi connectivity index (χ3v) is 20.9. The van der Waals surface area contributed by atoms with Crippen LogP contribution in [0.15, 0.2) is 0 Å². The Morgan fingerprint density at radius 1 is 0.270 bits per heavy atom. The van der Waals surface area contributed by atoms with Gasteiger partial charge in [0.05, 0.1) is 26.4 Å². The Hall–Kier alpha value is -1.94. The summed E-state index contributed by atoms with van der Waals surface area (Å²) in [4.78, 5) is 72.7. The fraction of sp³-hybridized carbons (Fsp3) is 0.951. The summed E-state index contributed by atoms with van der Waals surface area (Å²) in [6.07, 6.45) is 66.0. The van der Waals surface area contributed by atoms with Crippen LogP contribution in [0.3, 0.4) is 0 Å². The average molecular weight is 1470 g/mol. The molecular weight excluding hydrogens is 1310 g/mol. The van der Waals surface area contributed by atoms with E-state index in [-0.39, 0.29) is 25.7 Å². The Balaban J connectivity index is 5.10. The zero-order valence-corrected chi connectivity index (χ0v) is 67.1. The Morgan fingerprint density at radius 2 is 0.460 bits per heavy atom. The number of aliphatic hydroxyl groups excluding tert-OH is 1. The summed E-state index contributed by atoms with van der Waals surface area (Å²) in [6, 6.07) is 0. The van der Waals surface area contributed by atoms with E-state index in [0.29, 0.717) is 25.7 Å². The maximum atomic E-state index is 13.1. The molecule has 594 valence electrons. The molecule has 0 aromatic carbocycles. The van der Waals surface area contributed by atoms with Crippen LogP contribution in [0.25, 0.3) is 0 Å². The molecule has 0 aliphatic rings. The van der Waals surface area contributed by atoms with Crippen molar-refractivity contribution >= 4 is 39.5 Å². The predicted molar refractivity (Wildman–Crippen MR) is 409 cm³/mol. The minimum atomic E-state index is -4.96. The highest BCUT2D eigenvalue weighted by molar-refractivity contribution is 7.47. The second-order valence-electron chi connectivity index (χ2n) is 29.6. The van der Waals surface area contributed by atoms with Crippen LogP contribution in [-0.4, -0.2) is 96.7 Å². The number of esters is 4. The van der Waals surface area contributed by atoms with Gasteiger partial charge in [0.2, 0.25) is 0 Å². The van der Waals surface area contributed by atoms with Crippen molar-refractivity contribution in [2.45, 2.75) is 451 Å². The minimum Gasteiger partial charge on any atom is -0.462 e. The number of carbonyl (C=O) groups is 4. The SMILES string of the molecule is CCCCCCCCCCCCCCCCCCCCCCCCC(=O)O[C@H](COC(=O)CCCCCCCCCCCCCCCCCCCCCC)COP(=O)(O)OC[C@@H](O)COP(=O)(O)OC[C@@H](COC(=O)CCCCCCC)OC(=O)CCCCCCCCCCCCC(C)C. The van der Waals surface area contributed by atoms with Crippen molar-refractivity contribution in [2.24, 2.45) is 5.92 Å². The van der Waals surface area contributed by atoms with Gasteiger partial charge in [0.25, 0.3) is 0 Å². The molecule has 2 unspecified atom stereocenters. The lowest BCUT2D eigenvalue weighted by Gasteiger charge is -2.21. The third kappa shape index (κ3) is 74.3. The van der Waals surface area contributed by atoms with E-state index in [1.165, 1.54) is 250 Å². The summed E-state index contributed by atoms with van der Waals surface area (Å²) in [6.45, 7) is 7.21. The second-order valence-corrected chi connectivity index (χ2v) is 32.5. The van der Waals surface area contributed by atoms with Gasteiger partial charge < -0.3 is 33.8 Å². The lowest BCUT2D eigenvalue weighted by Crippen LogP contribution is -2.30. The quantitative estimate of drug-likeness (QED) is 0.0222. The van der Waals surface area contributed by atoms with Crippen LogP contribution in [0.2, 0.25) is 0 Å². The van der Waals surface area contributed by atoms with Crippen LogP contribution in [0, 0.1) is 5.92 Å². The average Bonchev–Trinajstić information content (AvgIpc) is 0.947. The van der Waals surface area contributed by atoms with Crippen LogP contribution in [-0.2, 0) is 65.4 Å². The molecule has 0 saturated heterocycles. The van der Waals surface area contributed by atoms with E-state index in [1.807, 2.05) is 0 Å². The van der Waals surface area contributed by atoms with E-state index in [4.69, 9.17) is 37.0 Å². The van der Waals surface area contributed by atoms with E-state index in [9.17, 15) is 43.2 Å². The number of unbranched alkanes of at least 4 members (excludes halogenated alkanes) is 53. The molecule has 0 aliphatic carbocycles. The predicted octanol–water partition coefficient (Wildman–Crippen LogP) is 24.4. The van der Waals surface area contributed by atoms with Gasteiger partial charge in [-0.05, 0) is 31.6 Å². The number of hydrogen-bond donors (Lipinski definition) is 3. The summed E-state index contributed by atoms with van der Waals surface area (Å²) in [5, 5.41) is 10.6. The number of ether oxygens (including phenoxy) is 4. The Labute approximate surface area is 613 Å². The fourth-order valence-electron chi connectivity index (χ4n) is 12.6. The first-order valence-corrected chi connectivity index (χ1v) is 45.1. The van der Waals surface area contributed by atoms with Crippen molar-refractivity contribution in [3.63, 3.8) is 0 Å². The van der Waals surface area contributed by atoms with E-state index in [0.717, 1.165) is 102 Å². The number of carbonyl (C=O) groups excluding carboxylic acids is 4. The van der Waals surface area contributed by atoms with Gasteiger partial charge in [0, 0.05) is 25.7 Å². The molecule has 0 radical (unpaired) electrons. The minimum absolute atomic E-state index is 0.105. The summed E-state index contributed by atoms with van der Waals surface area (Å²) in [5.41, 5.74) is 0. The number of rotatable bonds is 81. The van der Waals surface area contributed by atoms with Gasteiger partial charge in [-0.15, -0.1) is 0 Å². The largest absolute Gasteiger partial charge is 0.472 e. The molecule has 100 heavy (non-hydrogen) atoms. The molecule has 0 rings (SSSR count). The number of phosphoric acid groups is 2. The smallest absolute Gasteiger partial charge is 0.462 e. The van der Waals surface area contributed by atoms with Gasteiger partial charge in [0.15, 0.2) is 12.2 Å². The number of aliphatic hydroxyl groups is 1. The molecule has 0 fully saturated rings. The van der Waals surface area contributed by atoms with Gasteiger partial charge >= 0.3 is 39.5 Å². The van der Waals surface area contributed by atoms with Gasteiger partial charge in [-0.2, -0.15) is 0 Å². The molecule has 0 aromatic heterocycles. The van der Waals surface area contributed by atoms with Crippen molar-refractivity contribution in [2.75, 3.05) is 39.6 Å². The molecule has 0 saturated carbocycles. The first kappa shape index (κ1) is 98.1. The van der Waals surface area contributed by atoms with E-state index in [2.05, 4.69) is 34.6 Å². The van der Waals surface area contributed by atoms with Crippen LogP contribution < -0.4 is 0 Å². The van der Waals surface area contributed by atoms with E-state index < -0.39 is 97.5 Å². The molecule has 0 bridgehead atoms. The highest BCUT2D eigenvalue weighted by Crippen LogP contribution is 2.45. The molecular formula is C81H158O17P2. The van der Waals surface area contributed by atoms with Crippen molar-refractivity contribution in [3.8, 4) is 0 Å². The Morgan fingerprint density at radius 3 is 0.680 bits per heavy atom. The normalized spacial score (nSPS) is 13.8. The van der Waals surface area contributed by atoms with Gasteiger partial charge in [-0.1, -0.05) is 381 Å². The molecule has 19 heteroatoms. The lowest BCUT2D eigenvalue weighted by molar-refractivity contribution is -0.161. The topological polar surface area (TPSA) is 237 Å². The van der Waals surface area contributed by atoms with Crippen LogP contribution in [0.5, 0.6) is 0 Å². The Kier molecular flexibility index (Phi) is 72.5. The lowest BCUT2D eigenvalue weighted by atomic mass is 10.0. The van der Waals surface area contributed by atoms with Gasteiger partial charge in [-0.3, -0.25) is 37.3 Å². The molecule has 17 nitrogen and oxygen atoms in total. The zero-order chi connectivity index (χ0) is 73.4. The monoisotopic (exact) mass is 1470 g/mol. The number of hydrogen-bond acceptors (Lipinski definition) is 15. The fourth-order valence-corrected chi connectivity index (χ4v) is 14.2. The van der Waals surface area contributed by atoms with Crippen molar-refractivity contribution in [1.29, 1.82) is 0 Å². The second kappa shape index (κ2) is 73.9. The van der Waals surface area contributed by atoms with Crippen LogP contribution in [0.1, 0.15) is 433 Å². The van der Waals surface area contributed by atoms with Gasteiger partial charge in [0.1, 0.15) is 19.3 Å².